The minimum Gasteiger partial charge on any atom is -0.547 e. The average molecular weight is 454 g/mol. The third-order valence-electron chi connectivity index (χ3n) is 4.75. The van der Waals surface area contributed by atoms with Crippen molar-refractivity contribution >= 4 is 28.8 Å². The van der Waals surface area contributed by atoms with E-state index in [1.807, 2.05) is 19.1 Å². The van der Waals surface area contributed by atoms with Gasteiger partial charge < -0.3 is 29.7 Å². The number of nitrogens with zero attached hydrogens (tertiary/aromatic N) is 1. The molecule has 158 valence electrons. The molecule has 3 aromatic rings. The number of urea groups is 1. The first-order chi connectivity index (χ1) is 14.3. The van der Waals surface area contributed by atoms with Crippen LogP contribution in [0.25, 0.3) is 22.6 Å². The average Bonchev–Trinajstić information content (AvgIpc) is 3.12. The number of carbonyl (C=O) groups is 2. The number of carbonyl (C=O) groups excluding carboxylic acids is 2. The van der Waals surface area contributed by atoms with Crippen molar-refractivity contribution in [2.24, 2.45) is 0 Å². The number of benzene rings is 2. The van der Waals surface area contributed by atoms with Gasteiger partial charge in [-0.05, 0) is 49.2 Å². The number of aromatic nitrogens is 1. The van der Waals surface area contributed by atoms with E-state index in [4.69, 9.17) is 9.15 Å². The van der Waals surface area contributed by atoms with E-state index in [2.05, 4.69) is 15.6 Å². The first-order valence-electron chi connectivity index (χ1n) is 9.24. The van der Waals surface area contributed by atoms with Gasteiger partial charge in [-0.2, -0.15) is 0 Å². The Labute approximate surface area is 221 Å². The standard InChI is InChI=1S/C21H22FN3O5.K/c1-4-21(11-29-3,19(26)27)25-20(28)24-15-7-6-13(10-14(15)22)18-23-16-9-12(2)5-8-17(16)30-18;/h5-10H,4,11H2,1-3H3,(H,26,27)(H2,24,25,28);/q;+1/p-1. The molecule has 31 heavy (non-hydrogen) atoms. The van der Waals surface area contributed by atoms with Crippen molar-refractivity contribution in [1.82, 2.24) is 10.3 Å². The Bertz CT molecular complexity index is 1100. The molecule has 3 rings (SSSR count). The van der Waals surface area contributed by atoms with Crippen LogP contribution >= 0.6 is 0 Å². The van der Waals surface area contributed by atoms with Crippen LogP contribution in [0.5, 0.6) is 0 Å². The summed E-state index contributed by atoms with van der Waals surface area (Å²) in [6.45, 7) is 3.20. The molecule has 1 unspecified atom stereocenters. The van der Waals surface area contributed by atoms with Gasteiger partial charge in [0.1, 0.15) is 16.9 Å². The second kappa shape index (κ2) is 10.7. The van der Waals surface area contributed by atoms with Gasteiger partial charge in [0.15, 0.2) is 5.58 Å². The van der Waals surface area contributed by atoms with E-state index in [0.717, 1.165) is 5.56 Å². The van der Waals surface area contributed by atoms with Crippen LogP contribution in [0.3, 0.4) is 0 Å². The fraction of sp³-hybridized carbons (Fsp3) is 0.286. The first-order valence-corrected chi connectivity index (χ1v) is 9.24. The number of oxazole rings is 1. The van der Waals surface area contributed by atoms with Crippen LogP contribution in [-0.2, 0) is 9.53 Å². The molecule has 0 radical (unpaired) electrons. The Hall–Kier alpha value is -1.82. The van der Waals surface area contributed by atoms with Crippen molar-refractivity contribution in [3.05, 3.63) is 47.8 Å². The molecule has 1 atom stereocenters. The molecule has 2 N–H and O–H groups in total. The van der Waals surface area contributed by atoms with E-state index in [9.17, 15) is 19.1 Å². The molecule has 0 bridgehead atoms. The van der Waals surface area contributed by atoms with E-state index < -0.39 is 23.4 Å². The third kappa shape index (κ3) is 5.70. The molecule has 0 spiro atoms. The number of hydrogen-bond acceptors (Lipinski definition) is 6. The summed E-state index contributed by atoms with van der Waals surface area (Å²) in [7, 11) is 1.30. The molecule has 1 aromatic heterocycles. The summed E-state index contributed by atoms with van der Waals surface area (Å²) in [4.78, 5) is 28.1. The van der Waals surface area contributed by atoms with Crippen LogP contribution in [0.2, 0.25) is 0 Å². The summed E-state index contributed by atoms with van der Waals surface area (Å²) in [6, 6.07) is 8.68. The first kappa shape index (κ1) is 25.4. The Morgan fingerprint density at radius 2 is 2.00 bits per heavy atom. The van der Waals surface area contributed by atoms with E-state index >= 15 is 0 Å². The fourth-order valence-corrected chi connectivity index (χ4v) is 3.01. The number of aliphatic carboxylic acids is 1. The number of amides is 2. The van der Waals surface area contributed by atoms with Gasteiger partial charge in [-0.3, -0.25) is 0 Å². The number of carboxylic acid groups (broad SMARTS) is 1. The molecule has 2 amide bonds. The molecule has 0 aliphatic rings. The summed E-state index contributed by atoms with van der Waals surface area (Å²) in [6.07, 6.45) is 0.0230. The second-order valence-corrected chi connectivity index (χ2v) is 6.92. The van der Waals surface area contributed by atoms with Gasteiger partial charge >= 0.3 is 57.4 Å². The normalized spacial score (nSPS) is 12.6. The SMILES string of the molecule is CCC(COC)(NC(=O)Nc1ccc(-c2nc3cc(C)ccc3o2)cc1F)C(=O)[O-].[K+]. The van der Waals surface area contributed by atoms with E-state index in [0.29, 0.717) is 16.7 Å². The van der Waals surface area contributed by atoms with E-state index in [-0.39, 0.29) is 76.0 Å². The number of carboxylic acids is 1. The number of rotatable bonds is 7. The Morgan fingerprint density at radius 3 is 2.61 bits per heavy atom. The van der Waals surface area contributed by atoms with E-state index in [1.54, 1.807) is 13.0 Å². The van der Waals surface area contributed by atoms with Crippen molar-refractivity contribution in [1.29, 1.82) is 0 Å². The van der Waals surface area contributed by atoms with Crippen LogP contribution in [0, 0.1) is 12.7 Å². The molecule has 1 heterocycles. The number of halogens is 1. The molecule has 0 saturated carbocycles. The Morgan fingerprint density at radius 1 is 1.26 bits per heavy atom. The molecular weight excluding hydrogens is 432 g/mol. The zero-order chi connectivity index (χ0) is 21.9. The number of fused-ring (bicyclic) bond motifs is 1. The van der Waals surface area contributed by atoms with Crippen molar-refractivity contribution in [3.63, 3.8) is 0 Å². The number of hydrogen-bond donors (Lipinski definition) is 2. The number of ether oxygens (including phenoxy) is 1. The minimum atomic E-state index is -1.73. The monoisotopic (exact) mass is 453 g/mol. The Balaban J connectivity index is 0.00000341. The number of aryl methyl sites for hydroxylation is 1. The third-order valence-corrected chi connectivity index (χ3v) is 4.75. The molecule has 0 aliphatic carbocycles. The van der Waals surface area contributed by atoms with Gasteiger partial charge in [0, 0.05) is 12.7 Å². The quantitative estimate of drug-likeness (QED) is 0.471. The molecule has 0 fully saturated rings. The summed E-state index contributed by atoms with van der Waals surface area (Å²) < 4.78 is 25.1. The van der Waals surface area contributed by atoms with Crippen molar-refractivity contribution in [3.8, 4) is 11.5 Å². The van der Waals surface area contributed by atoms with Gasteiger partial charge in [-0.1, -0.05) is 13.0 Å². The number of nitrogens with one attached hydrogen (secondary N) is 2. The predicted molar refractivity (Wildman–Crippen MR) is 106 cm³/mol. The maximum absolute atomic E-state index is 14.6. The molecular formula is C21H21FKN3O5. The van der Waals surface area contributed by atoms with Gasteiger partial charge in [-0.15, -0.1) is 0 Å². The summed E-state index contributed by atoms with van der Waals surface area (Å²) in [5, 5.41) is 16.1. The Kier molecular flexibility index (Phi) is 8.75. The van der Waals surface area contributed by atoms with Crippen molar-refractivity contribution in [2.45, 2.75) is 25.8 Å². The summed E-state index contributed by atoms with van der Waals surface area (Å²) >= 11 is 0. The van der Waals surface area contributed by atoms with Crippen LogP contribution in [0.4, 0.5) is 14.9 Å². The van der Waals surface area contributed by atoms with Crippen LogP contribution in [0.15, 0.2) is 40.8 Å². The van der Waals surface area contributed by atoms with Crippen LogP contribution in [0.1, 0.15) is 18.9 Å². The molecule has 0 saturated heterocycles. The molecule has 10 heteroatoms. The second-order valence-electron chi connectivity index (χ2n) is 6.92. The zero-order valence-corrected chi connectivity index (χ0v) is 20.9. The van der Waals surface area contributed by atoms with Crippen LogP contribution < -0.4 is 67.1 Å². The molecule has 0 aliphatic heterocycles. The van der Waals surface area contributed by atoms with Gasteiger partial charge in [0.05, 0.1) is 18.3 Å². The number of methoxy groups -OCH3 is 1. The fourth-order valence-electron chi connectivity index (χ4n) is 3.01. The van der Waals surface area contributed by atoms with Gasteiger partial charge in [-0.25, -0.2) is 14.2 Å². The summed E-state index contributed by atoms with van der Waals surface area (Å²) in [5.74, 6) is -1.99. The maximum Gasteiger partial charge on any atom is 1.00 e. The number of anilines is 1. The van der Waals surface area contributed by atoms with Gasteiger partial charge in [0.25, 0.3) is 0 Å². The predicted octanol–water partition coefficient (Wildman–Crippen LogP) is -0.387. The molecule has 2 aromatic carbocycles. The maximum atomic E-state index is 14.6. The molecule has 8 nitrogen and oxygen atoms in total. The van der Waals surface area contributed by atoms with Crippen molar-refractivity contribution in [2.75, 3.05) is 19.0 Å². The smallest absolute Gasteiger partial charge is 0.547 e. The summed E-state index contributed by atoms with van der Waals surface area (Å²) in [5.41, 5.74) is 0.781. The van der Waals surface area contributed by atoms with Crippen molar-refractivity contribution < 1.29 is 79.6 Å². The van der Waals surface area contributed by atoms with Crippen LogP contribution in [-0.4, -0.2) is 36.2 Å². The minimum absolute atomic E-state index is 0. The zero-order valence-electron chi connectivity index (χ0n) is 17.7. The largest absolute Gasteiger partial charge is 1.00 e. The topological polar surface area (TPSA) is 117 Å². The van der Waals surface area contributed by atoms with E-state index in [1.165, 1.54) is 25.3 Å². The van der Waals surface area contributed by atoms with Gasteiger partial charge in [0.2, 0.25) is 5.89 Å².